The van der Waals surface area contributed by atoms with E-state index in [2.05, 4.69) is 20.9 Å². The minimum Gasteiger partial charge on any atom is -0.497 e. The maximum atomic E-state index is 12.7. The third-order valence-corrected chi connectivity index (χ3v) is 5.22. The molecule has 2 amide bonds. The van der Waals surface area contributed by atoms with Crippen LogP contribution in [0.15, 0.2) is 47.4 Å². The fourth-order valence-electron chi connectivity index (χ4n) is 2.85. The van der Waals surface area contributed by atoms with Gasteiger partial charge in [0.2, 0.25) is 5.91 Å². The lowest BCUT2D eigenvalue weighted by atomic mass is 10.2. The largest absolute Gasteiger partial charge is 0.497 e. The first kappa shape index (κ1) is 22.2. The molecule has 2 aromatic carbocycles. The maximum absolute atomic E-state index is 12.7. The maximum Gasteiger partial charge on any atom is 0.278 e. The summed E-state index contributed by atoms with van der Waals surface area (Å²) >= 11 is 1.59. The van der Waals surface area contributed by atoms with Crippen molar-refractivity contribution in [2.45, 2.75) is 18.4 Å². The third kappa shape index (κ3) is 5.34. The van der Waals surface area contributed by atoms with Crippen LogP contribution in [0.1, 0.15) is 16.2 Å². The predicted octanol–water partition coefficient (Wildman–Crippen LogP) is 3.22. The Balaban J connectivity index is 1.71. The Morgan fingerprint density at radius 3 is 2.61 bits per heavy atom. The van der Waals surface area contributed by atoms with Gasteiger partial charge in [-0.25, -0.2) is 4.68 Å². The number of nitrogens with one attached hydrogen (secondary N) is 2. The quantitative estimate of drug-likeness (QED) is 0.517. The van der Waals surface area contributed by atoms with E-state index in [4.69, 9.17) is 9.47 Å². The van der Waals surface area contributed by atoms with E-state index in [9.17, 15) is 9.59 Å². The fourth-order valence-corrected chi connectivity index (χ4v) is 3.31. The topological polar surface area (TPSA) is 107 Å². The number of anilines is 2. The molecule has 0 aliphatic heterocycles. The van der Waals surface area contributed by atoms with E-state index in [0.29, 0.717) is 28.6 Å². The van der Waals surface area contributed by atoms with E-state index in [-0.39, 0.29) is 18.1 Å². The van der Waals surface area contributed by atoms with Gasteiger partial charge in [0, 0.05) is 16.6 Å². The molecule has 1 aromatic heterocycles. The smallest absolute Gasteiger partial charge is 0.278 e. The second kappa shape index (κ2) is 9.98. The van der Waals surface area contributed by atoms with E-state index in [1.54, 1.807) is 36.9 Å². The second-order valence-corrected chi connectivity index (χ2v) is 7.36. The third-order valence-electron chi connectivity index (χ3n) is 4.50. The van der Waals surface area contributed by atoms with Gasteiger partial charge in [-0.3, -0.25) is 9.59 Å². The van der Waals surface area contributed by atoms with Crippen molar-refractivity contribution in [2.75, 3.05) is 31.1 Å². The molecule has 3 aromatic rings. The molecule has 0 bridgehead atoms. The zero-order valence-corrected chi connectivity index (χ0v) is 18.4. The zero-order chi connectivity index (χ0) is 22.4. The summed E-state index contributed by atoms with van der Waals surface area (Å²) in [6, 6.07) is 12.6. The van der Waals surface area contributed by atoms with Crippen molar-refractivity contribution in [3.05, 3.63) is 53.9 Å². The number of hydrogen-bond acceptors (Lipinski definition) is 7. The molecule has 1 heterocycles. The lowest BCUT2D eigenvalue weighted by molar-refractivity contribution is -0.117. The lowest BCUT2D eigenvalue weighted by Gasteiger charge is -2.11. The van der Waals surface area contributed by atoms with Crippen LogP contribution in [-0.4, -0.2) is 47.3 Å². The summed E-state index contributed by atoms with van der Waals surface area (Å²) in [5.74, 6) is 0.306. The van der Waals surface area contributed by atoms with Gasteiger partial charge in [-0.2, -0.15) is 0 Å². The molecule has 162 valence electrons. The normalized spacial score (nSPS) is 10.5. The highest BCUT2D eigenvalue weighted by Crippen LogP contribution is 2.29. The van der Waals surface area contributed by atoms with Crippen molar-refractivity contribution < 1.29 is 19.1 Å². The summed E-state index contributed by atoms with van der Waals surface area (Å²) in [6.07, 6.45) is 1.97. The number of rotatable bonds is 8. The van der Waals surface area contributed by atoms with Crippen LogP contribution in [0.4, 0.5) is 11.4 Å². The van der Waals surface area contributed by atoms with Crippen LogP contribution in [0, 0.1) is 6.92 Å². The Labute approximate surface area is 184 Å². The van der Waals surface area contributed by atoms with Gasteiger partial charge in [0.05, 0.1) is 25.6 Å². The summed E-state index contributed by atoms with van der Waals surface area (Å²) in [7, 11) is 3.04. The number of thioether (sulfide) groups is 1. The van der Waals surface area contributed by atoms with Gasteiger partial charge in [0.15, 0.2) is 5.69 Å². The molecule has 0 saturated heterocycles. The Morgan fingerprint density at radius 1 is 1.10 bits per heavy atom. The molecule has 0 radical (unpaired) electrons. The summed E-state index contributed by atoms with van der Waals surface area (Å²) in [5, 5.41) is 13.5. The summed E-state index contributed by atoms with van der Waals surface area (Å²) in [6.45, 7) is 1.61. The monoisotopic (exact) mass is 441 g/mol. The molecular formula is C21H23N5O4S. The van der Waals surface area contributed by atoms with E-state index in [1.165, 1.54) is 18.9 Å². The first-order valence-corrected chi connectivity index (χ1v) is 10.5. The number of methoxy groups -OCH3 is 2. The average Bonchev–Trinajstić information content (AvgIpc) is 3.13. The highest BCUT2D eigenvalue weighted by Gasteiger charge is 2.19. The van der Waals surface area contributed by atoms with Crippen molar-refractivity contribution in [1.29, 1.82) is 0 Å². The molecule has 3 rings (SSSR count). The highest BCUT2D eigenvalue weighted by atomic mass is 32.2. The van der Waals surface area contributed by atoms with Crippen molar-refractivity contribution in [1.82, 2.24) is 15.0 Å². The van der Waals surface area contributed by atoms with Gasteiger partial charge in [-0.1, -0.05) is 11.3 Å². The molecule has 0 spiro atoms. The average molecular weight is 442 g/mol. The van der Waals surface area contributed by atoms with Crippen LogP contribution >= 0.6 is 11.8 Å². The first-order chi connectivity index (χ1) is 14.9. The van der Waals surface area contributed by atoms with Crippen LogP contribution in [-0.2, 0) is 11.3 Å². The minimum absolute atomic E-state index is 0.0713. The fraction of sp³-hybridized carbons (Fsp3) is 0.238. The number of carbonyl (C=O) groups is 2. The van der Waals surface area contributed by atoms with Crippen molar-refractivity contribution in [2.24, 2.45) is 0 Å². The molecule has 2 N–H and O–H groups in total. The van der Waals surface area contributed by atoms with E-state index in [1.807, 2.05) is 30.5 Å². The number of hydrogen-bond donors (Lipinski definition) is 2. The van der Waals surface area contributed by atoms with Crippen LogP contribution in [0.25, 0.3) is 0 Å². The minimum atomic E-state index is -0.469. The number of ether oxygens (including phenoxy) is 2. The van der Waals surface area contributed by atoms with Crippen LogP contribution < -0.4 is 20.1 Å². The summed E-state index contributed by atoms with van der Waals surface area (Å²) in [4.78, 5) is 26.2. The molecule has 0 fully saturated rings. The molecule has 9 nitrogen and oxygen atoms in total. The van der Waals surface area contributed by atoms with Gasteiger partial charge in [-0.05, 0) is 43.5 Å². The van der Waals surface area contributed by atoms with Crippen molar-refractivity contribution in [3.63, 3.8) is 0 Å². The highest BCUT2D eigenvalue weighted by molar-refractivity contribution is 7.98. The number of carbonyl (C=O) groups excluding carboxylic acids is 2. The predicted molar refractivity (Wildman–Crippen MR) is 119 cm³/mol. The Hall–Kier alpha value is -3.53. The van der Waals surface area contributed by atoms with Crippen LogP contribution in [0.3, 0.4) is 0 Å². The number of aromatic nitrogens is 3. The molecule has 0 atom stereocenters. The van der Waals surface area contributed by atoms with Gasteiger partial charge in [0.1, 0.15) is 18.0 Å². The number of benzene rings is 2. The van der Waals surface area contributed by atoms with Gasteiger partial charge in [0.25, 0.3) is 5.91 Å². The van der Waals surface area contributed by atoms with Gasteiger partial charge < -0.3 is 20.1 Å². The van der Waals surface area contributed by atoms with Crippen LogP contribution in [0.5, 0.6) is 11.5 Å². The molecule has 31 heavy (non-hydrogen) atoms. The Morgan fingerprint density at radius 2 is 1.90 bits per heavy atom. The van der Waals surface area contributed by atoms with E-state index in [0.717, 1.165) is 4.90 Å². The van der Waals surface area contributed by atoms with E-state index >= 15 is 0 Å². The van der Waals surface area contributed by atoms with Crippen LogP contribution in [0.2, 0.25) is 0 Å². The van der Waals surface area contributed by atoms with Gasteiger partial charge in [-0.15, -0.1) is 16.9 Å². The lowest BCUT2D eigenvalue weighted by Crippen LogP contribution is -2.21. The molecule has 0 aliphatic rings. The molecule has 0 unspecified atom stereocenters. The zero-order valence-electron chi connectivity index (χ0n) is 17.6. The molecule has 0 saturated carbocycles. The summed E-state index contributed by atoms with van der Waals surface area (Å²) < 4.78 is 11.8. The SMILES string of the molecule is COc1ccc(OC)c(NC(=O)c2nnn(CC(=O)Nc3cccc(SC)c3)c2C)c1. The van der Waals surface area contributed by atoms with Gasteiger partial charge >= 0.3 is 0 Å². The van der Waals surface area contributed by atoms with E-state index < -0.39 is 5.91 Å². The first-order valence-electron chi connectivity index (χ1n) is 9.32. The Kier molecular flexibility index (Phi) is 7.14. The number of amides is 2. The van der Waals surface area contributed by atoms with Crippen molar-refractivity contribution in [3.8, 4) is 11.5 Å². The summed E-state index contributed by atoms with van der Waals surface area (Å²) in [5.41, 5.74) is 1.71. The molecular weight excluding hydrogens is 418 g/mol. The van der Waals surface area contributed by atoms with Crippen molar-refractivity contribution >= 4 is 35.0 Å². The molecule has 0 aliphatic carbocycles. The second-order valence-electron chi connectivity index (χ2n) is 6.48. The number of nitrogens with zero attached hydrogens (tertiary/aromatic N) is 3. The standard InChI is InChI=1S/C21H23N5O4S/c1-13-20(21(28)23-17-11-15(29-2)8-9-18(17)30-3)24-25-26(13)12-19(27)22-14-6-5-7-16(10-14)31-4/h5-11H,12H2,1-4H3,(H,22,27)(H,23,28). The molecule has 10 heteroatoms. The Bertz CT molecular complexity index is 1100.